The lowest BCUT2D eigenvalue weighted by Gasteiger charge is -2.47. The minimum atomic E-state index is -0.588. The SMILES string of the molecule is CC(C)(c1ccc(OCc2ccnc(N3CCC4(CCN(CC5CCN(c6ccc7c(c6)CN(C6CCC(=O)NC6=O)C7=O)CC5)CC4)CC3)n2)cc1)c1cc(Cl)cc(C#N)c1. The number of halogens is 1. The third-order valence-corrected chi connectivity index (χ3v) is 14.7. The Bertz CT molecular complexity index is 2370. The summed E-state index contributed by atoms with van der Waals surface area (Å²) in [5.74, 6) is 1.47. The van der Waals surface area contributed by atoms with Gasteiger partial charge in [0.25, 0.3) is 5.91 Å². The van der Waals surface area contributed by atoms with Crippen LogP contribution in [-0.2, 0) is 28.2 Å². The smallest absolute Gasteiger partial charge is 0.255 e. The fourth-order valence-corrected chi connectivity index (χ4v) is 10.5. The van der Waals surface area contributed by atoms with Crippen molar-refractivity contribution in [3.63, 3.8) is 0 Å². The highest BCUT2D eigenvalue weighted by molar-refractivity contribution is 6.30. The predicted octanol–water partition coefficient (Wildman–Crippen LogP) is 7.27. The minimum absolute atomic E-state index is 0.121. The molecule has 1 spiro atoms. The standard InChI is InChI=1S/C49H55ClN8O4/c1-48(2,37-25-34(29-51)26-38(50)28-37)36-3-6-41(7-4-36)62-32-39-11-18-52-47(53-39)57-23-16-49(17-24-57)14-21-55(22-15-49)30-33-12-19-56(20-13-33)40-5-8-42-35(27-40)31-58(46(42)61)43-9-10-44(59)54-45(43)60/h3-8,11,18,25-28,33,43H,9-10,12-17,19-24,30-32H2,1-2H3,(H,54,59,60). The number of imide groups is 1. The summed E-state index contributed by atoms with van der Waals surface area (Å²) in [6.45, 7) is 12.4. The lowest BCUT2D eigenvalue weighted by Crippen LogP contribution is -2.52. The Kier molecular flexibility index (Phi) is 11.7. The number of ether oxygens (including phenoxy) is 1. The van der Waals surface area contributed by atoms with E-state index in [0.29, 0.717) is 47.1 Å². The Morgan fingerprint density at radius 2 is 1.61 bits per heavy atom. The molecule has 0 bridgehead atoms. The first kappa shape index (κ1) is 41.8. The molecule has 1 atom stereocenters. The summed E-state index contributed by atoms with van der Waals surface area (Å²) in [5, 5.41) is 12.4. The largest absolute Gasteiger partial charge is 0.487 e. The summed E-state index contributed by atoms with van der Waals surface area (Å²) in [5.41, 5.74) is 6.32. The second kappa shape index (κ2) is 17.3. The van der Waals surface area contributed by atoms with Gasteiger partial charge in [-0.05, 0) is 141 Å². The molecule has 322 valence electrons. The van der Waals surface area contributed by atoms with E-state index in [2.05, 4.69) is 69.2 Å². The minimum Gasteiger partial charge on any atom is -0.487 e. The fraction of sp³-hybridized carbons (Fsp3) is 0.469. The second-order valence-corrected chi connectivity index (χ2v) is 19.0. The Hall–Kier alpha value is -5.51. The van der Waals surface area contributed by atoms with Gasteiger partial charge in [-0.3, -0.25) is 19.7 Å². The number of nitrogens with zero attached hydrogens (tertiary/aromatic N) is 7. The van der Waals surface area contributed by atoms with Crippen LogP contribution in [-0.4, -0.2) is 89.3 Å². The molecule has 3 amide bonds. The third kappa shape index (κ3) is 8.75. The molecule has 6 heterocycles. The van der Waals surface area contributed by atoms with Crippen LogP contribution in [0.1, 0.15) is 104 Å². The monoisotopic (exact) mass is 854 g/mol. The highest BCUT2D eigenvalue weighted by atomic mass is 35.5. The van der Waals surface area contributed by atoms with Crippen molar-refractivity contribution < 1.29 is 19.1 Å². The van der Waals surface area contributed by atoms with Crippen molar-refractivity contribution in [2.45, 2.75) is 89.8 Å². The highest BCUT2D eigenvalue weighted by Crippen LogP contribution is 2.42. The van der Waals surface area contributed by atoms with E-state index < -0.39 is 6.04 Å². The van der Waals surface area contributed by atoms with Crippen LogP contribution in [0.5, 0.6) is 5.75 Å². The van der Waals surface area contributed by atoms with Crippen molar-refractivity contribution in [2.24, 2.45) is 11.3 Å². The molecule has 4 fully saturated rings. The van der Waals surface area contributed by atoms with E-state index in [9.17, 15) is 19.6 Å². The Balaban J connectivity index is 0.708. The Morgan fingerprint density at radius 3 is 2.34 bits per heavy atom. The van der Waals surface area contributed by atoms with E-state index in [0.717, 1.165) is 111 Å². The van der Waals surface area contributed by atoms with Crippen LogP contribution < -0.4 is 19.9 Å². The van der Waals surface area contributed by atoms with E-state index in [4.69, 9.17) is 21.3 Å². The van der Waals surface area contributed by atoms with Crippen molar-refractivity contribution in [1.82, 2.24) is 25.1 Å². The van der Waals surface area contributed by atoms with Crippen molar-refractivity contribution in [3.05, 3.63) is 111 Å². The van der Waals surface area contributed by atoms with Crippen molar-refractivity contribution >= 4 is 41.0 Å². The van der Waals surface area contributed by atoms with Gasteiger partial charge in [0.15, 0.2) is 0 Å². The quantitative estimate of drug-likeness (QED) is 0.163. The molecule has 1 unspecified atom stereocenters. The molecule has 0 aliphatic carbocycles. The van der Waals surface area contributed by atoms with Gasteiger partial charge in [-0.25, -0.2) is 9.97 Å². The summed E-state index contributed by atoms with van der Waals surface area (Å²) < 4.78 is 6.18. The van der Waals surface area contributed by atoms with Crippen molar-refractivity contribution in [1.29, 1.82) is 5.26 Å². The van der Waals surface area contributed by atoms with Crippen LogP contribution in [0, 0.1) is 22.7 Å². The first-order valence-electron chi connectivity index (χ1n) is 22.2. The van der Waals surface area contributed by atoms with Crippen LogP contribution in [0.15, 0.2) is 72.9 Å². The number of likely N-dealkylation sites (tertiary alicyclic amines) is 1. The van der Waals surface area contributed by atoms with E-state index in [1.165, 1.54) is 12.8 Å². The molecule has 62 heavy (non-hydrogen) atoms. The van der Waals surface area contributed by atoms with Gasteiger partial charge in [-0.1, -0.05) is 37.6 Å². The number of hydrogen-bond acceptors (Lipinski definition) is 10. The number of aromatic nitrogens is 2. The molecule has 3 aromatic carbocycles. The average Bonchev–Trinajstić information content (AvgIpc) is 3.61. The molecule has 5 aliphatic heterocycles. The zero-order valence-corrected chi connectivity index (χ0v) is 36.5. The van der Waals surface area contributed by atoms with Gasteiger partial charge in [0.05, 0.1) is 17.3 Å². The number of carbonyl (C=O) groups excluding carboxylic acids is 3. The third-order valence-electron chi connectivity index (χ3n) is 14.4. The molecule has 1 N–H and O–H groups in total. The molecule has 0 saturated carbocycles. The molecule has 0 radical (unpaired) electrons. The Morgan fingerprint density at radius 1 is 0.871 bits per heavy atom. The van der Waals surface area contributed by atoms with Gasteiger partial charge >= 0.3 is 0 Å². The molecule has 5 aliphatic rings. The molecule has 4 saturated heterocycles. The zero-order valence-electron chi connectivity index (χ0n) is 35.7. The number of nitriles is 1. The summed E-state index contributed by atoms with van der Waals surface area (Å²) >= 11 is 6.32. The van der Waals surface area contributed by atoms with E-state index in [1.54, 1.807) is 11.0 Å². The number of nitrogens with one attached hydrogen (secondary N) is 1. The average molecular weight is 855 g/mol. The van der Waals surface area contributed by atoms with Gasteiger partial charge in [0.1, 0.15) is 18.4 Å². The van der Waals surface area contributed by atoms with E-state index >= 15 is 0 Å². The Labute approximate surface area is 369 Å². The van der Waals surface area contributed by atoms with E-state index in [-0.39, 0.29) is 29.6 Å². The lowest BCUT2D eigenvalue weighted by atomic mass is 9.71. The maximum Gasteiger partial charge on any atom is 0.255 e. The van der Waals surface area contributed by atoms with Gasteiger partial charge in [-0.15, -0.1) is 0 Å². The number of benzene rings is 3. The lowest BCUT2D eigenvalue weighted by molar-refractivity contribution is -0.136. The van der Waals surface area contributed by atoms with Crippen LogP contribution in [0.25, 0.3) is 0 Å². The summed E-state index contributed by atoms with van der Waals surface area (Å²) in [6, 6.07) is 23.3. The number of fused-ring (bicyclic) bond motifs is 1. The molecule has 13 heteroatoms. The first-order valence-corrected chi connectivity index (χ1v) is 22.6. The highest BCUT2D eigenvalue weighted by Gasteiger charge is 2.41. The fourth-order valence-electron chi connectivity index (χ4n) is 10.3. The molecule has 4 aromatic rings. The van der Waals surface area contributed by atoms with Crippen molar-refractivity contribution in [2.75, 3.05) is 55.6 Å². The van der Waals surface area contributed by atoms with Crippen LogP contribution >= 0.6 is 11.6 Å². The van der Waals surface area contributed by atoms with Crippen LogP contribution in [0.4, 0.5) is 11.6 Å². The van der Waals surface area contributed by atoms with E-state index in [1.807, 2.05) is 42.6 Å². The normalized spacial score (nSPS) is 20.9. The molecule has 9 rings (SSSR count). The van der Waals surface area contributed by atoms with Gasteiger partial charge < -0.3 is 24.3 Å². The van der Waals surface area contributed by atoms with Gasteiger partial charge in [0, 0.05) is 73.6 Å². The second-order valence-electron chi connectivity index (χ2n) is 18.6. The number of carbonyl (C=O) groups is 3. The first-order chi connectivity index (χ1) is 29.9. The number of hydrogen-bond donors (Lipinski definition) is 1. The maximum absolute atomic E-state index is 13.2. The predicted molar refractivity (Wildman–Crippen MR) is 238 cm³/mol. The number of anilines is 2. The van der Waals surface area contributed by atoms with Crippen LogP contribution in [0.3, 0.4) is 0 Å². The summed E-state index contributed by atoms with van der Waals surface area (Å²) in [7, 11) is 0. The summed E-state index contributed by atoms with van der Waals surface area (Å²) in [4.78, 5) is 56.0. The van der Waals surface area contributed by atoms with Gasteiger partial charge in [0.2, 0.25) is 17.8 Å². The maximum atomic E-state index is 13.2. The molecular formula is C49H55ClN8O4. The topological polar surface area (TPSA) is 135 Å². The number of amides is 3. The van der Waals surface area contributed by atoms with Crippen LogP contribution in [0.2, 0.25) is 5.02 Å². The molecular weight excluding hydrogens is 800 g/mol. The number of rotatable bonds is 10. The number of piperidine rings is 4. The summed E-state index contributed by atoms with van der Waals surface area (Å²) in [6.07, 6.45) is 9.60. The van der Waals surface area contributed by atoms with Crippen molar-refractivity contribution in [3.8, 4) is 11.8 Å². The van der Waals surface area contributed by atoms with Gasteiger partial charge in [-0.2, -0.15) is 5.26 Å². The molecule has 1 aromatic heterocycles. The zero-order chi connectivity index (χ0) is 43.0. The molecule has 12 nitrogen and oxygen atoms in total.